The molecular formula is C19H20BrN3O5S. The molecule has 10 heteroatoms. The van der Waals surface area contributed by atoms with Crippen molar-refractivity contribution in [2.24, 2.45) is 5.73 Å². The number of rotatable bonds is 5. The molecule has 2 amide bonds. The lowest BCUT2D eigenvalue weighted by molar-refractivity contribution is -0.135. The molecule has 0 radical (unpaired) electrons. The zero-order valence-corrected chi connectivity index (χ0v) is 17.9. The Bertz CT molecular complexity index is 1070. The number of piperazine rings is 1. The molecule has 154 valence electrons. The third kappa shape index (κ3) is 3.60. The van der Waals surface area contributed by atoms with Crippen LogP contribution in [-0.2, 0) is 20.2 Å². The van der Waals surface area contributed by atoms with Crippen LogP contribution in [0.1, 0.15) is 29.0 Å². The summed E-state index contributed by atoms with van der Waals surface area (Å²) in [5.41, 5.74) is 5.61. The molecule has 0 unspecified atom stereocenters. The maximum Gasteiger partial charge on any atom is 0.284 e. The van der Waals surface area contributed by atoms with Crippen LogP contribution >= 0.6 is 15.9 Å². The van der Waals surface area contributed by atoms with Gasteiger partial charge in [0.25, 0.3) is 15.9 Å². The fraction of sp³-hybridized carbons (Fsp3) is 0.368. The zero-order valence-electron chi connectivity index (χ0n) is 15.5. The minimum atomic E-state index is -3.89. The molecule has 2 aliphatic rings. The Balaban J connectivity index is 1.45. The standard InChI is InChI=1S/C19H20BrN3O5S/c20-14-3-1-2-13(12-14)19(6-7-19)18(25)22-8-10-23(11-9-22)29(26,27)16-5-4-15(28-16)17(21)24/h1-5,12H,6-11H2,(H2,21,24). The second kappa shape index (κ2) is 7.26. The number of halogens is 1. The van der Waals surface area contributed by atoms with Gasteiger partial charge >= 0.3 is 0 Å². The highest BCUT2D eigenvalue weighted by molar-refractivity contribution is 9.10. The lowest BCUT2D eigenvalue weighted by Gasteiger charge is -2.35. The maximum atomic E-state index is 13.2. The van der Waals surface area contributed by atoms with Gasteiger partial charge in [-0.25, -0.2) is 8.42 Å². The first-order valence-corrected chi connectivity index (χ1v) is 11.4. The average molecular weight is 482 g/mol. The topological polar surface area (TPSA) is 114 Å². The van der Waals surface area contributed by atoms with Gasteiger partial charge in [-0.3, -0.25) is 9.59 Å². The van der Waals surface area contributed by atoms with E-state index < -0.39 is 21.3 Å². The summed E-state index contributed by atoms with van der Waals surface area (Å²) < 4.78 is 32.8. The number of benzene rings is 1. The number of carbonyl (C=O) groups excluding carboxylic acids is 2. The molecule has 1 saturated carbocycles. The van der Waals surface area contributed by atoms with Crippen LogP contribution in [0.2, 0.25) is 0 Å². The summed E-state index contributed by atoms with van der Waals surface area (Å²) in [5, 5.41) is -0.320. The van der Waals surface area contributed by atoms with E-state index in [-0.39, 0.29) is 29.8 Å². The lowest BCUT2D eigenvalue weighted by atomic mass is 9.94. The molecule has 2 fully saturated rings. The molecule has 0 spiro atoms. The molecule has 4 rings (SSSR count). The van der Waals surface area contributed by atoms with Gasteiger partial charge in [0.05, 0.1) is 5.41 Å². The van der Waals surface area contributed by atoms with Crippen LogP contribution in [0, 0.1) is 0 Å². The summed E-state index contributed by atoms with van der Waals surface area (Å²) in [7, 11) is -3.89. The second-order valence-corrected chi connectivity index (χ2v) is 10.1. The highest BCUT2D eigenvalue weighted by Gasteiger charge is 2.53. The number of sulfonamides is 1. The average Bonchev–Trinajstić information content (AvgIpc) is 3.35. The van der Waals surface area contributed by atoms with E-state index in [0.29, 0.717) is 13.1 Å². The summed E-state index contributed by atoms with van der Waals surface area (Å²) in [6.45, 7) is 0.929. The number of hydrogen-bond donors (Lipinski definition) is 1. The van der Waals surface area contributed by atoms with Gasteiger partial charge in [-0.1, -0.05) is 28.1 Å². The molecule has 2 heterocycles. The summed E-state index contributed by atoms with van der Waals surface area (Å²) in [6.07, 6.45) is 1.59. The van der Waals surface area contributed by atoms with Crippen LogP contribution in [0.4, 0.5) is 0 Å². The zero-order chi connectivity index (χ0) is 20.8. The molecular weight excluding hydrogens is 462 g/mol. The van der Waals surface area contributed by atoms with Gasteiger partial charge in [0.1, 0.15) is 0 Å². The van der Waals surface area contributed by atoms with Gasteiger partial charge in [0.15, 0.2) is 5.76 Å². The highest BCUT2D eigenvalue weighted by Crippen LogP contribution is 2.50. The number of furan rings is 1. The minimum absolute atomic E-state index is 0.0432. The van der Waals surface area contributed by atoms with Gasteiger partial charge in [0, 0.05) is 30.7 Å². The molecule has 8 nitrogen and oxygen atoms in total. The molecule has 2 N–H and O–H groups in total. The van der Waals surface area contributed by atoms with Crippen molar-refractivity contribution >= 4 is 37.8 Å². The quantitative estimate of drug-likeness (QED) is 0.697. The van der Waals surface area contributed by atoms with E-state index in [0.717, 1.165) is 22.9 Å². The van der Waals surface area contributed by atoms with Crippen LogP contribution in [0.25, 0.3) is 0 Å². The maximum absolute atomic E-state index is 13.2. The van der Waals surface area contributed by atoms with E-state index in [1.807, 2.05) is 24.3 Å². The van der Waals surface area contributed by atoms with Gasteiger partial charge in [-0.15, -0.1) is 0 Å². The minimum Gasteiger partial charge on any atom is -0.438 e. The summed E-state index contributed by atoms with van der Waals surface area (Å²) in [5.74, 6) is -0.993. The number of primary amides is 1. The van der Waals surface area contributed by atoms with Crippen molar-refractivity contribution < 1.29 is 22.4 Å². The van der Waals surface area contributed by atoms with Crippen LogP contribution < -0.4 is 5.73 Å². The van der Waals surface area contributed by atoms with E-state index in [1.54, 1.807) is 4.90 Å². The van der Waals surface area contributed by atoms with E-state index in [9.17, 15) is 18.0 Å². The van der Waals surface area contributed by atoms with Crippen molar-refractivity contribution in [1.29, 1.82) is 0 Å². The van der Waals surface area contributed by atoms with Crippen molar-refractivity contribution in [3.05, 3.63) is 52.2 Å². The van der Waals surface area contributed by atoms with E-state index in [1.165, 1.54) is 16.4 Å². The summed E-state index contributed by atoms with van der Waals surface area (Å²) in [6, 6.07) is 10.2. The van der Waals surface area contributed by atoms with Gasteiger partial charge in [-0.05, 0) is 42.7 Å². The fourth-order valence-corrected chi connectivity index (χ4v) is 5.42. The van der Waals surface area contributed by atoms with E-state index in [4.69, 9.17) is 10.2 Å². The lowest BCUT2D eigenvalue weighted by Crippen LogP contribution is -2.52. The molecule has 29 heavy (non-hydrogen) atoms. The summed E-state index contributed by atoms with van der Waals surface area (Å²) in [4.78, 5) is 26.1. The Morgan fingerprint density at radius 2 is 1.76 bits per heavy atom. The highest BCUT2D eigenvalue weighted by atomic mass is 79.9. The molecule has 1 aromatic carbocycles. The molecule has 1 aromatic heterocycles. The van der Waals surface area contributed by atoms with E-state index in [2.05, 4.69) is 15.9 Å². The largest absolute Gasteiger partial charge is 0.438 e. The number of hydrogen-bond acceptors (Lipinski definition) is 5. The molecule has 0 bridgehead atoms. The predicted octanol–water partition coefficient (Wildman–Crippen LogP) is 1.71. The molecule has 0 atom stereocenters. The number of carbonyl (C=O) groups is 2. The van der Waals surface area contributed by atoms with E-state index >= 15 is 0 Å². The van der Waals surface area contributed by atoms with Crippen molar-refractivity contribution in [1.82, 2.24) is 9.21 Å². The van der Waals surface area contributed by atoms with Gasteiger partial charge in [0.2, 0.25) is 11.0 Å². The van der Waals surface area contributed by atoms with Crippen molar-refractivity contribution in [3.63, 3.8) is 0 Å². The third-order valence-electron chi connectivity index (χ3n) is 5.48. The van der Waals surface area contributed by atoms with Crippen molar-refractivity contribution in [2.45, 2.75) is 23.3 Å². The molecule has 1 aliphatic carbocycles. The SMILES string of the molecule is NC(=O)c1ccc(S(=O)(=O)N2CCN(C(=O)C3(c4cccc(Br)c4)CC3)CC2)o1. The number of nitrogens with two attached hydrogens (primary N) is 1. The number of nitrogens with zero attached hydrogens (tertiary/aromatic N) is 2. The van der Waals surface area contributed by atoms with Crippen LogP contribution in [0.15, 0.2) is 50.4 Å². The fourth-order valence-electron chi connectivity index (χ4n) is 3.69. The molecule has 1 saturated heterocycles. The predicted molar refractivity (Wildman–Crippen MR) is 108 cm³/mol. The molecule has 2 aromatic rings. The van der Waals surface area contributed by atoms with Crippen molar-refractivity contribution in [3.8, 4) is 0 Å². The first kappa shape index (κ1) is 20.1. The Morgan fingerprint density at radius 1 is 1.07 bits per heavy atom. The second-order valence-electron chi connectivity index (χ2n) is 7.27. The van der Waals surface area contributed by atoms with Crippen LogP contribution in [0.3, 0.4) is 0 Å². The monoisotopic (exact) mass is 481 g/mol. The third-order valence-corrected chi connectivity index (χ3v) is 7.75. The van der Waals surface area contributed by atoms with Crippen LogP contribution in [0.5, 0.6) is 0 Å². The van der Waals surface area contributed by atoms with Gasteiger partial charge in [-0.2, -0.15) is 4.31 Å². The van der Waals surface area contributed by atoms with Gasteiger partial charge < -0.3 is 15.1 Å². The Labute approximate surface area is 176 Å². The first-order chi connectivity index (χ1) is 13.7. The molecule has 1 aliphatic heterocycles. The van der Waals surface area contributed by atoms with Crippen molar-refractivity contribution in [2.75, 3.05) is 26.2 Å². The smallest absolute Gasteiger partial charge is 0.284 e. The Morgan fingerprint density at radius 3 is 2.31 bits per heavy atom. The Kier molecular flexibility index (Phi) is 5.04. The first-order valence-electron chi connectivity index (χ1n) is 9.19. The summed E-state index contributed by atoms with van der Waals surface area (Å²) >= 11 is 3.45. The normalized spacial score (nSPS) is 19.1. The number of amides is 2. The van der Waals surface area contributed by atoms with Crippen LogP contribution in [-0.4, -0.2) is 55.6 Å². The Hall–Kier alpha value is -2.17.